The molecule has 0 aliphatic carbocycles. The van der Waals surface area contributed by atoms with Gasteiger partial charge >= 0.3 is 5.97 Å². The maximum Gasteiger partial charge on any atom is 0.305 e. The number of carbonyl (C=O) groups excluding carboxylic acids is 2. The summed E-state index contributed by atoms with van der Waals surface area (Å²) in [6.45, 7) is 2.08. The van der Waals surface area contributed by atoms with E-state index < -0.39 is 6.10 Å². The molecule has 0 radical (unpaired) electrons. The molecule has 0 aliphatic rings. The molecule has 0 spiro atoms. The van der Waals surface area contributed by atoms with Crippen molar-refractivity contribution in [2.24, 2.45) is 0 Å². The molecule has 0 heterocycles. The normalized spacial score (nSPS) is 12.8. The number of allylic oxidation sites excluding steroid dienone is 4. The van der Waals surface area contributed by atoms with Crippen LogP contribution < -0.4 is 0 Å². The molecule has 0 aromatic rings. The molecule has 0 rings (SSSR count). The largest absolute Gasteiger partial charge is 0.469 e. The van der Waals surface area contributed by atoms with E-state index in [-0.39, 0.29) is 11.8 Å². The Morgan fingerprint density at radius 2 is 1.65 bits per heavy atom. The van der Waals surface area contributed by atoms with E-state index in [4.69, 9.17) is 0 Å². The van der Waals surface area contributed by atoms with Gasteiger partial charge in [0.25, 0.3) is 0 Å². The first-order valence-electron chi connectivity index (χ1n) is 8.69. The number of unbranched alkanes of at least 4 members (excludes halogenated alkanes) is 4. The fourth-order valence-electron chi connectivity index (χ4n) is 2.17. The maximum atomic E-state index is 11.7. The third kappa shape index (κ3) is 13.9. The molecule has 1 atom stereocenters. The van der Waals surface area contributed by atoms with Crippen molar-refractivity contribution in [2.75, 3.05) is 7.11 Å². The second kappa shape index (κ2) is 15.5. The number of esters is 1. The summed E-state index contributed by atoms with van der Waals surface area (Å²) >= 11 is 0. The number of hydrogen-bond donors (Lipinski definition) is 1. The molecule has 0 aromatic carbocycles. The minimum Gasteiger partial charge on any atom is -0.469 e. The zero-order valence-electron chi connectivity index (χ0n) is 14.6. The van der Waals surface area contributed by atoms with E-state index in [1.807, 2.05) is 12.2 Å². The highest BCUT2D eigenvalue weighted by Crippen LogP contribution is 2.10. The molecule has 0 saturated heterocycles. The summed E-state index contributed by atoms with van der Waals surface area (Å²) in [7, 11) is 1.40. The number of Topliss-reactive ketones (excluding diaryl/α,β-unsaturated/α-hetero) is 1. The highest BCUT2D eigenvalue weighted by Gasteiger charge is 2.12. The van der Waals surface area contributed by atoms with Crippen LogP contribution in [-0.2, 0) is 14.3 Å². The third-order valence-corrected chi connectivity index (χ3v) is 3.62. The first-order chi connectivity index (χ1) is 11.1. The summed E-state index contributed by atoms with van der Waals surface area (Å²) in [6, 6.07) is 0. The van der Waals surface area contributed by atoms with Crippen LogP contribution in [0.4, 0.5) is 0 Å². The van der Waals surface area contributed by atoms with Crippen LogP contribution in [0.25, 0.3) is 0 Å². The van der Waals surface area contributed by atoms with Gasteiger partial charge in [0.05, 0.1) is 7.11 Å². The van der Waals surface area contributed by atoms with Gasteiger partial charge in [0.15, 0.2) is 5.78 Å². The summed E-state index contributed by atoms with van der Waals surface area (Å²) in [6.07, 6.45) is 14.9. The predicted molar refractivity (Wildman–Crippen MR) is 93.2 cm³/mol. The molecule has 0 aromatic heterocycles. The van der Waals surface area contributed by atoms with E-state index in [0.717, 1.165) is 44.9 Å². The quantitative estimate of drug-likeness (QED) is 0.296. The van der Waals surface area contributed by atoms with Crippen molar-refractivity contribution >= 4 is 11.8 Å². The fourth-order valence-corrected chi connectivity index (χ4v) is 2.17. The Hall–Kier alpha value is -1.42. The Balaban J connectivity index is 3.57. The van der Waals surface area contributed by atoms with Crippen molar-refractivity contribution in [3.05, 3.63) is 24.3 Å². The summed E-state index contributed by atoms with van der Waals surface area (Å²) in [5.74, 6) is -0.268. The topological polar surface area (TPSA) is 63.6 Å². The number of aliphatic hydroxyl groups is 1. The van der Waals surface area contributed by atoms with Gasteiger partial charge in [0.2, 0.25) is 0 Å². The maximum absolute atomic E-state index is 11.7. The molecule has 1 N–H and O–H groups in total. The summed E-state index contributed by atoms with van der Waals surface area (Å²) < 4.78 is 4.58. The van der Waals surface area contributed by atoms with Gasteiger partial charge in [-0.05, 0) is 25.7 Å². The number of rotatable bonds is 14. The van der Waals surface area contributed by atoms with Crippen LogP contribution in [0.5, 0.6) is 0 Å². The second-order valence-electron chi connectivity index (χ2n) is 5.66. The van der Waals surface area contributed by atoms with E-state index in [1.54, 1.807) is 0 Å². The molecule has 4 heteroatoms. The van der Waals surface area contributed by atoms with Crippen molar-refractivity contribution in [3.8, 4) is 0 Å². The molecule has 132 valence electrons. The molecular formula is C19H32O4. The van der Waals surface area contributed by atoms with Crippen LogP contribution in [0.2, 0.25) is 0 Å². The molecule has 4 nitrogen and oxygen atoms in total. The van der Waals surface area contributed by atoms with Gasteiger partial charge in [-0.25, -0.2) is 0 Å². The van der Waals surface area contributed by atoms with Crippen molar-refractivity contribution in [1.29, 1.82) is 0 Å². The Morgan fingerprint density at radius 3 is 2.35 bits per heavy atom. The molecule has 23 heavy (non-hydrogen) atoms. The zero-order valence-corrected chi connectivity index (χ0v) is 14.6. The lowest BCUT2D eigenvalue weighted by molar-refractivity contribution is -0.140. The minimum absolute atomic E-state index is 0.105. The van der Waals surface area contributed by atoms with E-state index in [0.29, 0.717) is 19.3 Å². The highest BCUT2D eigenvalue weighted by atomic mass is 16.5. The Bertz CT molecular complexity index is 372. The standard InChI is InChI=1S/C19H32O4/c1-3-4-5-6-8-11-14-17(20)18(21)15-12-9-7-10-13-16-19(22)23-2/h4-5,8,11,18,21H,3,6-7,9-10,12-16H2,1-2H3/b5-4-,11-8-. The molecule has 0 fully saturated rings. The smallest absolute Gasteiger partial charge is 0.305 e. The van der Waals surface area contributed by atoms with Crippen LogP contribution in [0.15, 0.2) is 24.3 Å². The molecular weight excluding hydrogens is 292 g/mol. The minimum atomic E-state index is -0.846. The van der Waals surface area contributed by atoms with E-state index in [9.17, 15) is 14.7 Å². The second-order valence-corrected chi connectivity index (χ2v) is 5.66. The van der Waals surface area contributed by atoms with Crippen LogP contribution in [0.3, 0.4) is 0 Å². The van der Waals surface area contributed by atoms with Crippen LogP contribution in [0, 0.1) is 0 Å². The number of ether oxygens (including phenoxy) is 1. The molecule has 1 unspecified atom stereocenters. The Morgan fingerprint density at radius 1 is 1.00 bits per heavy atom. The lowest BCUT2D eigenvalue weighted by Crippen LogP contribution is -2.19. The van der Waals surface area contributed by atoms with E-state index >= 15 is 0 Å². The van der Waals surface area contributed by atoms with Gasteiger partial charge in [-0.15, -0.1) is 0 Å². The molecule has 0 saturated carbocycles. The zero-order chi connectivity index (χ0) is 17.3. The van der Waals surface area contributed by atoms with Gasteiger partial charge in [-0.1, -0.05) is 56.9 Å². The van der Waals surface area contributed by atoms with Gasteiger partial charge in [0.1, 0.15) is 6.10 Å². The molecule has 0 aliphatic heterocycles. The number of methoxy groups -OCH3 is 1. The first-order valence-corrected chi connectivity index (χ1v) is 8.69. The summed E-state index contributed by atoms with van der Waals surface area (Å²) in [4.78, 5) is 22.7. The van der Waals surface area contributed by atoms with Crippen molar-refractivity contribution in [2.45, 2.75) is 77.2 Å². The van der Waals surface area contributed by atoms with Crippen LogP contribution in [-0.4, -0.2) is 30.1 Å². The van der Waals surface area contributed by atoms with Crippen LogP contribution >= 0.6 is 0 Å². The Labute approximate surface area is 140 Å². The van der Waals surface area contributed by atoms with Gasteiger partial charge in [-0.3, -0.25) is 9.59 Å². The van der Waals surface area contributed by atoms with Crippen molar-refractivity contribution in [3.63, 3.8) is 0 Å². The van der Waals surface area contributed by atoms with Gasteiger partial charge < -0.3 is 9.84 Å². The lowest BCUT2D eigenvalue weighted by Gasteiger charge is -2.08. The molecule has 0 bridgehead atoms. The average molecular weight is 324 g/mol. The Kier molecular flexibility index (Phi) is 14.5. The lowest BCUT2D eigenvalue weighted by atomic mass is 10.0. The van der Waals surface area contributed by atoms with Gasteiger partial charge in [0, 0.05) is 12.8 Å². The number of ketones is 1. The van der Waals surface area contributed by atoms with Crippen molar-refractivity contribution < 1.29 is 19.4 Å². The number of aliphatic hydroxyl groups excluding tert-OH is 1. The highest BCUT2D eigenvalue weighted by molar-refractivity contribution is 5.84. The van der Waals surface area contributed by atoms with E-state index in [1.165, 1.54) is 7.11 Å². The molecule has 0 amide bonds. The monoisotopic (exact) mass is 324 g/mol. The summed E-state index contributed by atoms with van der Waals surface area (Å²) in [5, 5.41) is 9.81. The first kappa shape index (κ1) is 21.6. The van der Waals surface area contributed by atoms with Crippen LogP contribution in [0.1, 0.15) is 71.1 Å². The fraction of sp³-hybridized carbons (Fsp3) is 0.684. The number of carbonyl (C=O) groups is 2. The SMILES string of the molecule is CC/C=C\C/C=C\CC(=O)C(O)CCCCCCCC(=O)OC. The van der Waals surface area contributed by atoms with Gasteiger partial charge in [-0.2, -0.15) is 0 Å². The average Bonchev–Trinajstić information content (AvgIpc) is 2.56. The third-order valence-electron chi connectivity index (χ3n) is 3.62. The predicted octanol–water partition coefficient (Wildman–Crippen LogP) is 4.12. The number of hydrogen-bond acceptors (Lipinski definition) is 4. The van der Waals surface area contributed by atoms with E-state index in [2.05, 4.69) is 23.8 Å². The van der Waals surface area contributed by atoms with Crippen molar-refractivity contribution in [1.82, 2.24) is 0 Å². The summed E-state index contributed by atoms with van der Waals surface area (Å²) in [5.41, 5.74) is 0.